The van der Waals surface area contributed by atoms with Crippen molar-refractivity contribution >= 4 is 40.2 Å². The average Bonchev–Trinajstić information content (AvgIpc) is 3.50. The van der Waals surface area contributed by atoms with Crippen LogP contribution < -0.4 is 4.90 Å². The second-order valence-corrected chi connectivity index (χ2v) is 14.8. The number of nitrogens with one attached hydrogen (secondary N) is 1. The van der Waals surface area contributed by atoms with E-state index in [2.05, 4.69) is 154 Å². The van der Waals surface area contributed by atoms with Crippen molar-refractivity contribution in [1.82, 2.24) is 0 Å². The summed E-state index contributed by atoms with van der Waals surface area (Å²) in [6.45, 7) is 9.34. The molecule has 6 nitrogen and oxygen atoms in total. The van der Waals surface area contributed by atoms with Crippen LogP contribution in [0.2, 0.25) is 0 Å². The first-order valence-corrected chi connectivity index (χ1v) is 17.7. The van der Waals surface area contributed by atoms with Crippen molar-refractivity contribution in [1.29, 1.82) is 0 Å². The van der Waals surface area contributed by atoms with Gasteiger partial charge in [-0.3, -0.25) is 10.1 Å². The maximum atomic E-state index is 11.6. The molecule has 0 amide bonds. The molecule has 52 heavy (non-hydrogen) atoms. The van der Waals surface area contributed by atoms with E-state index in [1.54, 1.807) is 0 Å². The molecule has 256 valence electrons. The van der Waals surface area contributed by atoms with Gasteiger partial charge in [-0.15, -0.1) is 0 Å². The van der Waals surface area contributed by atoms with E-state index in [9.17, 15) is 15.2 Å². The van der Waals surface area contributed by atoms with Gasteiger partial charge in [0.05, 0.1) is 15.9 Å². The summed E-state index contributed by atoms with van der Waals surface area (Å²) in [4.78, 5) is 12.4. The monoisotopic (exact) mass is 683 g/mol. The highest BCUT2D eigenvalue weighted by atomic mass is 16.6. The first-order valence-electron chi connectivity index (χ1n) is 17.7. The molecule has 6 heteroatoms. The molecule has 8 rings (SSSR count). The standard InChI is InChI=1S/C46H39N3O3/c1-45(2)40-27-31(19-23-37(40)38-24-21-35(29-41(38)45)48(33-13-7-5-8-14-33)34-15-9-6-10-16-34)20-26-44-46(3,4)39-17-11-12-18-42(39)47(44)30-32-28-36(49(51)52)22-25-43(32)50/h5-29H,30H2,1-4H3/p+2. The lowest BCUT2D eigenvalue weighted by atomic mass is 9.80. The van der Waals surface area contributed by atoms with Crippen molar-refractivity contribution in [2.24, 2.45) is 0 Å². The number of allylic oxidation sites excluding steroid dienone is 1. The Morgan fingerprint density at radius 1 is 0.654 bits per heavy atom. The fourth-order valence-corrected chi connectivity index (χ4v) is 8.19. The third kappa shape index (κ3) is 5.52. The van der Waals surface area contributed by atoms with Crippen molar-refractivity contribution in [3.05, 3.63) is 184 Å². The van der Waals surface area contributed by atoms with E-state index in [1.807, 2.05) is 12.1 Å². The first-order chi connectivity index (χ1) is 25.0. The molecule has 0 fully saturated rings. The fourth-order valence-electron chi connectivity index (χ4n) is 8.19. The number of non-ortho nitro benzene ring substituents is 1. The number of nitro benzene ring substituents is 1. The van der Waals surface area contributed by atoms with Crippen LogP contribution in [0.4, 0.5) is 28.4 Å². The third-order valence-electron chi connectivity index (χ3n) is 10.9. The Hall–Kier alpha value is -6.11. The summed E-state index contributed by atoms with van der Waals surface area (Å²) < 4.78 is 2.17. The molecule has 6 aromatic carbocycles. The van der Waals surface area contributed by atoms with Crippen LogP contribution in [0.15, 0.2) is 146 Å². The minimum Gasteiger partial charge on any atom is -0.507 e. The van der Waals surface area contributed by atoms with E-state index in [4.69, 9.17) is 0 Å². The Morgan fingerprint density at radius 3 is 1.94 bits per heavy atom. The Balaban J connectivity index is 1.17. The highest BCUT2D eigenvalue weighted by Crippen LogP contribution is 2.50. The zero-order chi connectivity index (χ0) is 36.2. The summed E-state index contributed by atoms with van der Waals surface area (Å²) in [5.41, 5.74) is 13.0. The van der Waals surface area contributed by atoms with Gasteiger partial charge in [-0.25, -0.2) is 4.90 Å². The van der Waals surface area contributed by atoms with E-state index < -0.39 is 4.92 Å². The number of hydrogen-bond acceptors (Lipinski definition) is 3. The molecule has 6 aromatic rings. The number of phenolic OH excluding ortho intramolecular Hbond substituents is 1. The number of fused-ring (bicyclic) bond motifs is 4. The van der Waals surface area contributed by atoms with E-state index in [-0.39, 0.29) is 22.3 Å². The summed E-state index contributed by atoms with van der Waals surface area (Å²) in [6.07, 6.45) is 4.34. The molecule has 2 aliphatic rings. The molecule has 0 saturated carbocycles. The highest BCUT2D eigenvalue weighted by molar-refractivity contribution is 6.05. The Morgan fingerprint density at radius 2 is 1.27 bits per heavy atom. The number of phenols is 1. The van der Waals surface area contributed by atoms with Crippen LogP contribution >= 0.6 is 0 Å². The lowest BCUT2D eigenvalue weighted by Crippen LogP contribution is -2.96. The lowest BCUT2D eigenvalue weighted by molar-refractivity contribution is -0.681. The first kappa shape index (κ1) is 33.1. The average molecular weight is 684 g/mol. The molecule has 0 aromatic heterocycles. The van der Waals surface area contributed by atoms with E-state index in [0.29, 0.717) is 12.1 Å². The maximum absolute atomic E-state index is 11.6. The van der Waals surface area contributed by atoms with Gasteiger partial charge in [-0.1, -0.05) is 86.6 Å². The van der Waals surface area contributed by atoms with Gasteiger partial charge in [-0.2, -0.15) is 4.58 Å². The number of benzene rings is 6. The number of quaternary nitrogens is 1. The summed E-state index contributed by atoms with van der Waals surface area (Å²) in [7, 11) is 0. The van der Waals surface area contributed by atoms with Crippen LogP contribution in [-0.4, -0.2) is 20.3 Å². The largest absolute Gasteiger partial charge is 0.507 e. The molecule has 0 radical (unpaired) electrons. The Kier molecular flexibility index (Phi) is 8.00. The van der Waals surface area contributed by atoms with Crippen molar-refractivity contribution < 1.29 is 19.5 Å². The molecule has 1 aliphatic heterocycles. The minimum atomic E-state index is -0.423. The molecule has 0 spiro atoms. The van der Waals surface area contributed by atoms with Gasteiger partial charge >= 0.3 is 0 Å². The number of hydrogen-bond donors (Lipinski definition) is 2. The predicted molar refractivity (Wildman–Crippen MR) is 209 cm³/mol. The van der Waals surface area contributed by atoms with Crippen molar-refractivity contribution in [3.8, 4) is 16.9 Å². The smallest absolute Gasteiger partial charge is 0.270 e. The van der Waals surface area contributed by atoms with E-state index in [0.717, 1.165) is 17.0 Å². The van der Waals surface area contributed by atoms with Crippen molar-refractivity contribution in [3.63, 3.8) is 0 Å². The van der Waals surface area contributed by atoms with Crippen LogP contribution in [0.25, 0.3) is 17.2 Å². The molecule has 0 atom stereocenters. The molecular formula is C46H41N3O3+2. The van der Waals surface area contributed by atoms with E-state index in [1.165, 1.54) is 68.0 Å². The van der Waals surface area contributed by atoms with Gasteiger partial charge in [0.1, 0.15) is 22.8 Å². The number of para-hydroxylation sites is 3. The van der Waals surface area contributed by atoms with Crippen LogP contribution in [0, 0.1) is 10.1 Å². The topological polar surface area (TPSA) is 70.8 Å². The highest BCUT2D eigenvalue weighted by Gasteiger charge is 2.44. The quantitative estimate of drug-likeness (QED) is 0.0953. The van der Waals surface area contributed by atoms with Crippen molar-refractivity contribution in [2.45, 2.75) is 45.1 Å². The van der Waals surface area contributed by atoms with E-state index >= 15 is 0 Å². The molecule has 1 aliphatic carbocycles. The summed E-state index contributed by atoms with van der Waals surface area (Å²) >= 11 is 0. The second kappa shape index (κ2) is 12.6. The molecule has 1 heterocycles. The van der Waals surface area contributed by atoms with Gasteiger partial charge in [0, 0.05) is 47.4 Å². The molecule has 2 N–H and O–H groups in total. The van der Waals surface area contributed by atoms with Gasteiger partial charge in [0.2, 0.25) is 5.69 Å². The van der Waals surface area contributed by atoms with Crippen LogP contribution in [-0.2, 0) is 17.4 Å². The zero-order valence-corrected chi connectivity index (χ0v) is 29.8. The SMILES string of the molecule is CC1(C)C(C=Cc2ccc3c(c2)C(C)(C)c2cc([NH+](c4ccccc4)c4ccccc4)ccc2-3)=[N+](Cc2cc([N+](=O)[O-])ccc2O)c2ccccc21. The maximum Gasteiger partial charge on any atom is 0.270 e. The van der Waals surface area contributed by atoms with Gasteiger partial charge in [0.15, 0.2) is 12.3 Å². The predicted octanol–water partition coefficient (Wildman–Crippen LogP) is 10.1. The van der Waals surface area contributed by atoms with Crippen LogP contribution in [0.1, 0.15) is 55.5 Å². The molecule has 0 bridgehead atoms. The number of rotatable bonds is 8. The fraction of sp³-hybridized carbons (Fsp3) is 0.152. The Labute approximate surface area is 304 Å². The third-order valence-corrected chi connectivity index (χ3v) is 10.9. The molecule has 0 saturated heterocycles. The summed E-state index contributed by atoms with van der Waals surface area (Å²) in [5.74, 6) is 0.0388. The second-order valence-electron chi connectivity index (χ2n) is 14.8. The van der Waals surface area contributed by atoms with Gasteiger partial charge in [0.25, 0.3) is 5.69 Å². The molecule has 0 unspecified atom stereocenters. The number of aromatic hydroxyl groups is 1. The Bertz CT molecular complexity index is 2390. The minimum absolute atomic E-state index is 0.0388. The van der Waals surface area contributed by atoms with Crippen LogP contribution in [0.3, 0.4) is 0 Å². The summed E-state index contributed by atoms with van der Waals surface area (Å²) in [5, 5.41) is 22.3. The molecular weight excluding hydrogens is 643 g/mol. The van der Waals surface area contributed by atoms with Gasteiger partial charge in [-0.05, 0) is 84.1 Å². The number of nitrogens with zero attached hydrogens (tertiary/aromatic N) is 2. The zero-order valence-electron chi connectivity index (χ0n) is 29.8. The number of nitro groups is 1. The van der Waals surface area contributed by atoms with Gasteiger partial charge < -0.3 is 5.11 Å². The van der Waals surface area contributed by atoms with Crippen molar-refractivity contribution in [2.75, 3.05) is 0 Å². The van der Waals surface area contributed by atoms with Crippen LogP contribution in [0.5, 0.6) is 5.75 Å². The summed E-state index contributed by atoms with van der Waals surface area (Å²) in [6, 6.07) is 47.4. The lowest BCUT2D eigenvalue weighted by Gasteiger charge is -2.24. The normalized spacial score (nSPS) is 15.2.